The molecule has 2 amide bonds. The van der Waals surface area contributed by atoms with Crippen LogP contribution in [0.5, 0.6) is 5.75 Å². The third-order valence-electron chi connectivity index (χ3n) is 3.66. The molecule has 0 fully saturated rings. The monoisotopic (exact) mass is 334 g/mol. The second-order valence-electron chi connectivity index (χ2n) is 5.46. The van der Waals surface area contributed by atoms with Crippen LogP contribution in [0.3, 0.4) is 0 Å². The van der Waals surface area contributed by atoms with Gasteiger partial charge in [0, 0.05) is 17.6 Å². The van der Waals surface area contributed by atoms with Crippen LogP contribution >= 0.6 is 0 Å². The van der Waals surface area contributed by atoms with Crippen LogP contribution < -0.4 is 10.7 Å². The van der Waals surface area contributed by atoms with E-state index in [0.717, 1.165) is 22.6 Å². The molecule has 0 radical (unpaired) electrons. The number of amides is 2. The lowest BCUT2D eigenvalue weighted by Gasteiger charge is -2.07. The highest BCUT2D eigenvalue weighted by molar-refractivity contribution is 5.91. The molecule has 0 saturated carbocycles. The van der Waals surface area contributed by atoms with Gasteiger partial charge in [0.15, 0.2) is 0 Å². The molecule has 0 aliphatic heterocycles. The van der Waals surface area contributed by atoms with Crippen molar-refractivity contribution in [2.75, 3.05) is 5.32 Å². The van der Waals surface area contributed by atoms with Crippen LogP contribution in [-0.4, -0.2) is 21.9 Å². The van der Waals surface area contributed by atoms with Crippen LogP contribution in [-0.2, 0) is 0 Å². The van der Waals surface area contributed by atoms with Crippen molar-refractivity contribution >= 4 is 17.9 Å². The zero-order chi connectivity index (χ0) is 17.6. The quantitative estimate of drug-likeness (QED) is 0.503. The lowest BCUT2D eigenvalue weighted by atomic mass is 10.2. The van der Waals surface area contributed by atoms with Crippen LogP contribution in [0.15, 0.2) is 72.0 Å². The fourth-order valence-corrected chi connectivity index (χ4v) is 2.37. The highest BCUT2D eigenvalue weighted by atomic mass is 16.3. The Labute approximate surface area is 145 Å². The van der Waals surface area contributed by atoms with E-state index in [1.54, 1.807) is 30.5 Å². The van der Waals surface area contributed by atoms with Crippen molar-refractivity contribution in [1.82, 2.24) is 9.99 Å². The average molecular weight is 334 g/mol. The van der Waals surface area contributed by atoms with E-state index in [1.807, 2.05) is 54.1 Å². The topological polar surface area (TPSA) is 78.7 Å². The molecule has 6 heteroatoms. The van der Waals surface area contributed by atoms with E-state index in [2.05, 4.69) is 15.8 Å². The maximum atomic E-state index is 11.9. The van der Waals surface area contributed by atoms with Gasteiger partial charge in [-0.25, -0.2) is 10.2 Å². The van der Waals surface area contributed by atoms with Crippen molar-refractivity contribution in [3.8, 4) is 11.4 Å². The van der Waals surface area contributed by atoms with E-state index in [-0.39, 0.29) is 5.75 Å². The van der Waals surface area contributed by atoms with Gasteiger partial charge in [0.25, 0.3) is 0 Å². The summed E-state index contributed by atoms with van der Waals surface area (Å²) in [6.45, 7) is 1.92. The predicted molar refractivity (Wildman–Crippen MR) is 98.4 cm³/mol. The molecule has 3 rings (SSSR count). The molecule has 0 aliphatic rings. The molecule has 3 aromatic rings. The van der Waals surface area contributed by atoms with Gasteiger partial charge in [-0.05, 0) is 55.0 Å². The Morgan fingerprint density at radius 3 is 2.60 bits per heavy atom. The third kappa shape index (κ3) is 4.06. The summed E-state index contributed by atoms with van der Waals surface area (Å²) >= 11 is 0. The lowest BCUT2D eigenvalue weighted by Crippen LogP contribution is -2.24. The number of aromatic hydroxyl groups is 1. The van der Waals surface area contributed by atoms with Crippen LogP contribution in [0, 0.1) is 6.92 Å². The number of anilines is 1. The van der Waals surface area contributed by atoms with E-state index in [4.69, 9.17) is 0 Å². The van der Waals surface area contributed by atoms with Crippen molar-refractivity contribution in [2.24, 2.45) is 5.10 Å². The summed E-state index contributed by atoms with van der Waals surface area (Å²) in [6, 6.07) is 17.7. The van der Waals surface area contributed by atoms with Crippen molar-refractivity contribution in [1.29, 1.82) is 0 Å². The zero-order valence-corrected chi connectivity index (χ0v) is 13.7. The number of aryl methyl sites for hydroxylation is 1. The molecule has 0 atom stereocenters. The molecule has 1 heterocycles. The number of nitrogens with one attached hydrogen (secondary N) is 2. The van der Waals surface area contributed by atoms with Crippen LogP contribution in [0.4, 0.5) is 10.5 Å². The summed E-state index contributed by atoms with van der Waals surface area (Å²) in [6.07, 6.45) is 3.44. The molecule has 0 aliphatic carbocycles. The SMILES string of the molecule is Cc1ccccc1NC(=O)NN=Cc1cccn1-c1ccc(O)cc1. The second-order valence-corrected chi connectivity index (χ2v) is 5.46. The number of nitrogens with zero attached hydrogens (tertiary/aromatic N) is 2. The minimum absolute atomic E-state index is 0.209. The molecule has 126 valence electrons. The Balaban J connectivity index is 1.65. The Hall–Kier alpha value is -3.54. The number of aromatic nitrogens is 1. The molecule has 0 spiro atoms. The summed E-state index contributed by atoms with van der Waals surface area (Å²) in [5.74, 6) is 0.209. The van der Waals surface area contributed by atoms with Gasteiger partial charge in [-0.1, -0.05) is 18.2 Å². The Morgan fingerprint density at radius 2 is 1.84 bits per heavy atom. The first-order valence-electron chi connectivity index (χ1n) is 7.76. The fraction of sp³-hybridized carbons (Fsp3) is 0.0526. The van der Waals surface area contributed by atoms with Gasteiger partial charge >= 0.3 is 6.03 Å². The summed E-state index contributed by atoms with van der Waals surface area (Å²) in [4.78, 5) is 11.9. The molecule has 6 nitrogen and oxygen atoms in total. The van der Waals surface area contributed by atoms with E-state index in [0.29, 0.717) is 0 Å². The number of hydrogen-bond acceptors (Lipinski definition) is 3. The second kappa shape index (κ2) is 7.35. The van der Waals surface area contributed by atoms with Crippen molar-refractivity contribution in [3.63, 3.8) is 0 Å². The Bertz CT molecular complexity index is 898. The minimum atomic E-state index is -0.409. The molecule has 1 aromatic heterocycles. The van der Waals surface area contributed by atoms with Gasteiger partial charge in [0.2, 0.25) is 0 Å². The van der Waals surface area contributed by atoms with Gasteiger partial charge in [0.1, 0.15) is 5.75 Å². The maximum absolute atomic E-state index is 11.9. The van der Waals surface area contributed by atoms with E-state index in [9.17, 15) is 9.90 Å². The number of phenolic OH excluding ortho intramolecular Hbond substituents is 1. The van der Waals surface area contributed by atoms with Gasteiger partial charge in [-0.2, -0.15) is 5.10 Å². The number of para-hydroxylation sites is 1. The first kappa shape index (κ1) is 16.3. The van der Waals surface area contributed by atoms with E-state index in [1.165, 1.54) is 0 Å². The third-order valence-corrected chi connectivity index (χ3v) is 3.66. The number of carbonyl (C=O) groups excluding carboxylic acids is 1. The highest BCUT2D eigenvalue weighted by Crippen LogP contribution is 2.16. The first-order chi connectivity index (χ1) is 12.1. The number of urea groups is 1. The smallest absolute Gasteiger partial charge is 0.339 e. The normalized spacial score (nSPS) is 10.8. The molecule has 0 saturated heterocycles. The number of rotatable bonds is 4. The molecule has 0 bridgehead atoms. The maximum Gasteiger partial charge on any atom is 0.339 e. The summed E-state index contributed by atoms with van der Waals surface area (Å²) < 4.78 is 1.89. The van der Waals surface area contributed by atoms with Crippen molar-refractivity contribution in [3.05, 3.63) is 78.1 Å². The summed E-state index contributed by atoms with van der Waals surface area (Å²) in [5.41, 5.74) is 5.84. The largest absolute Gasteiger partial charge is 0.508 e. The number of phenols is 1. The molecular weight excluding hydrogens is 316 g/mol. The van der Waals surface area contributed by atoms with Crippen molar-refractivity contribution < 1.29 is 9.90 Å². The van der Waals surface area contributed by atoms with Gasteiger partial charge < -0.3 is 15.0 Å². The first-order valence-corrected chi connectivity index (χ1v) is 7.76. The molecule has 25 heavy (non-hydrogen) atoms. The van der Waals surface area contributed by atoms with Crippen molar-refractivity contribution in [2.45, 2.75) is 6.92 Å². The van der Waals surface area contributed by atoms with E-state index < -0.39 is 6.03 Å². The summed E-state index contributed by atoms with van der Waals surface area (Å²) in [7, 11) is 0. The molecule has 3 N–H and O–H groups in total. The van der Waals surface area contributed by atoms with Gasteiger partial charge in [-0.15, -0.1) is 0 Å². The lowest BCUT2D eigenvalue weighted by molar-refractivity contribution is 0.252. The number of hydrazone groups is 1. The Kier molecular flexibility index (Phi) is 4.80. The van der Waals surface area contributed by atoms with Gasteiger partial charge in [-0.3, -0.25) is 0 Å². The Morgan fingerprint density at radius 1 is 1.08 bits per heavy atom. The predicted octanol–water partition coefficient (Wildman–Crippen LogP) is 3.65. The van der Waals surface area contributed by atoms with E-state index >= 15 is 0 Å². The number of hydrogen-bond donors (Lipinski definition) is 3. The fourth-order valence-electron chi connectivity index (χ4n) is 2.37. The average Bonchev–Trinajstić information content (AvgIpc) is 3.06. The number of carbonyl (C=O) groups is 1. The van der Waals surface area contributed by atoms with Crippen LogP contribution in [0.1, 0.15) is 11.3 Å². The van der Waals surface area contributed by atoms with Gasteiger partial charge in [0.05, 0.1) is 11.9 Å². The standard InChI is InChI=1S/C19H18N4O2/c1-14-5-2-3-7-18(14)21-19(25)22-20-13-16-6-4-12-23(16)15-8-10-17(24)11-9-15/h2-13,24H,1H3,(H2,21,22,25). The van der Waals surface area contributed by atoms with Crippen LogP contribution in [0.2, 0.25) is 0 Å². The highest BCUT2D eigenvalue weighted by Gasteiger charge is 2.03. The van der Waals surface area contributed by atoms with Crippen LogP contribution in [0.25, 0.3) is 5.69 Å². The molecule has 2 aromatic carbocycles. The molecular formula is C19H18N4O2. The number of benzene rings is 2. The minimum Gasteiger partial charge on any atom is -0.508 e. The summed E-state index contributed by atoms with van der Waals surface area (Å²) in [5, 5.41) is 16.1. The molecule has 0 unspecified atom stereocenters. The zero-order valence-electron chi connectivity index (χ0n) is 13.7.